The van der Waals surface area contributed by atoms with Crippen molar-refractivity contribution in [1.82, 2.24) is 10.1 Å². The molecule has 0 atom stereocenters. The third-order valence-electron chi connectivity index (χ3n) is 3.63. The molecule has 5 nitrogen and oxygen atoms in total. The van der Waals surface area contributed by atoms with Gasteiger partial charge in [-0.05, 0) is 29.3 Å². The minimum absolute atomic E-state index is 0.0757. The van der Waals surface area contributed by atoms with Gasteiger partial charge >= 0.3 is 0 Å². The maximum Gasteiger partial charge on any atom is 0.293 e. The fourth-order valence-corrected chi connectivity index (χ4v) is 3.99. The predicted molar refractivity (Wildman–Crippen MR) is 97.8 cm³/mol. The number of rotatable bonds is 4. The van der Waals surface area contributed by atoms with Crippen molar-refractivity contribution in [3.05, 3.63) is 69.5 Å². The Morgan fingerprint density at radius 2 is 1.96 bits per heavy atom. The molecule has 4 rings (SSSR count). The minimum atomic E-state index is -0.305. The van der Waals surface area contributed by atoms with Crippen molar-refractivity contribution >= 4 is 40.3 Å². The van der Waals surface area contributed by atoms with Gasteiger partial charge in [-0.2, -0.15) is 0 Å². The second-order valence-electron chi connectivity index (χ2n) is 5.33. The van der Waals surface area contributed by atoms with Crippen LogP contribution in [0.5, 0.6) is 0 Å². The van der Waals surface area contributed by atoms with Crippen LogP contribution in [-0.4, -0.2) is 21.2 Å². The van der Waals surface area contributed by atoms with Crippen LogP contribution in [0.25, 0.3) is 17.3 Å². The van der Waals surface area contributed by atoms with Crippen LogP contribution in [0.2, 0.25) is 0 Å². The molecule has 25 heavy (non-hydrogen) atoms. The molecule has 0 unspecified atom stereocenters. The van der Waals surface area contributed by atoms with Crippen LogP contribution in [0, 0.1) is 0 Å². The van der Waals surface area contributed by atoms with Crippen LogP contribution < -0.4 is 0 Å². The number of benzene rings is 1. The Balaban J connectivity index is 1.52. The zero-order valence-electron chi connectivity index (χ0n) is 12.9. The zero-order valence-corrected chi connectivity index (χ0v) is 14.5. The van der Waals surface area contributed by atoms with Gasteiger partial charge in [-0.1, -0.05) is 41.6 Å². The molecule has 0 N–H and O–H groups in total. The van der Waals surface area contributed by atoms with E-state index in [4.69, 9.17) is 4.52 Å². The fourth-order valence-electron chi connectivity index (χ4n) is 2.43. The summed E-state index contributed by atoms with van der Waals surface area (Å²) in [6.07, 6.45) is 1.74. The first-order valence-corrected chi connectivity index (χ1v) is 9.20. The van der Waals surface area contributed by atoms with E-state index in [-0.39, 0.29) is 17.7 Å². The number of aromatic nitrogens is 1. The maximum absolute atomic E-state index is 12.5. The summed E-state index contributed by atoms with van der Waals surface area (Å²) < 4.78 is 5.30. The summed E-state index contributed by atoms with van der Waals surface area (Å²) in [6, 6.07) is 15.1. The van der Waals surface area contributed by atoms with Crippen molar-refractivity contribution in [2.45, 2.75) is 6.54 Å². The first kappa shape index (κ1) is 15.9. The molecule has 7 heteroatoms. The highest BCUT2D eigenvalue weighted by Crippen LogP contribution is 2.34. The van der Waals surface area contributed by atoms with E-state index in [1.807, 2.05) is 47.8 Å². The Labute approximate surface area is 151 Å². The van der Waals surface area contributed by atoms with Gasteiger partial charge in [0.05, 0.1) is 11.4 Å². The molecule has 1 saturated heterocycles. The van der Waals surface area contributed by atoms with Gasteiger partial charge < -0.3 is 4.52 Å². The van der Waals surface area contributed by atoms with E-state index in [0.717, 1.165) is 22.2 Å². The molecule has 0 saturated carbocycles. The summed E-state index contributed by atoms with van der Waals surface area (Å²) in [5.41, 5.74) is 1.60. The smallest absolute Gasteiger partial charge is 0.293 e. The van der Waals surface area contributed by atoms with E-state index < -0.39 is 0 Å². The zero-order chi connectivity index (χ0) is 17.2. The van der Waals surface area contributed by atoms with Gasteiger partial charge in [-0.25, -0.2) is 0 Å². The largest absolute Gasteiger partial charge is 0.359 e. The summed E-state index contributed by atoms with van der Waals surface area (Å²) in [5.74, 6) is 0.166. The highest BCUT2D eigenvalue weighted by molar-refractivity contribution is 8.18. The highest BCUT2D eigenvalue weighted by atomic mass is 32.2. The third-order valence-corrected chi connectivity index (χ3v) is 5.36. The van der Waals surface area contributed by atoms with Crippen molar-refractivity contribution in [3.8, 4) is 11.3 Å². The SMILES string of the molecule is O=C1S/C(=C/c2cccs2)C(=O)N1Cc1cc(-c2ccccc2)no1. The lowest BCUT2D eigenvalue weighted by Crippen LogP contribution is -2.27. The summed E-state index contributed by atoms with van der Waals surface area (Å²) in [4.78, 5) is 27.2. The van der Waals surface area contributed by atoms with E-state index in [1.165, 1.54) is 16.2 Å². The van der Waals surface area contributed by atoms with Crippen molar-refractivity contribution in [3.63, 3.8) is 0 Å². The van der Waals surface area contributed by atoms with Gasteiger partial charge in [-0.15, -0.1) is 11.3 Å². The molecule has 0 bridgehead atoms. The van der Waals surface area contributed by atoms with Crippen LogP contribution in [-0.2, 0) is 11.3 Å². The average molecular weight is 368 g/mol. The second-order valence-corrected chi connectivity index (χ2v) is 7.30. The summed E-state index contributed by atoms with van der Waals surface area (Å²) in [6.45, 7) is 0.0757. The lowest BCUT2D eigenvalue weighted by atomic mass is 10.1. The number of nitrogens with zero attached hydrogens (tertiary/aromatic N) is 2. The number of thiophene rings is 1. The molecular formula is C18H12N2O3S2. The summed E-state index contributed by atoms with van der Waals surface area (Å²) in [5, 5.41) is 5.64. The van der Waals surface area contributed by atoms with Crippen LogP contribution >= 0.6 is 23.1 Å². The number of hydrogen-bond acceptors (Lipinski definition) is 6. The normalized spacial score (nSPS) is 16.2. The molecule has 2 amide bonds. The molecule has 1 aromatic carbocycles. The predicted octanol–water partition coefficient (Wildman–Crippen LogP) is 4.64. The fraction of sp³-hybridized carbons (Fsp3) is 0.0556. The Morgan fingerprint density at radius 3 is 2.72 bits per heavy atom. The quantitative estimate of drug-likeness (QED) is 0.628. The molecule has 124 valence electrons. The number of thioether (sulfide) groups is 1. The van der Waals surface area contributed by atoms with Gasteiger partial charge in [0.25, 0.3) is 11.1 Å². The van der Waals surface area contributed by atoms with Crippen molar-refractivity contribution in [2.75, 3.05) is 0 Å². The highest BCUT2D eigenvalue weighted by Gasteiger charge is 2.35. The summed E-state index contributed by atoms with van der Waals surface area (Å²) in [7, 11) is 0. The first-order valence-electron chi connectivity index (χ1n) is 7.50. The van der Waals surface area contributed by atoms with Crippen LogP contribution in [0.15, 0.2) is 63.3 Å². The summed E-state index contributed by atoms with van der Waals surface area (Å²) >= 11 is 2.46. The lowest BCUT2D eigenvalue weighted by Gasteiger charge is -2.08. The Morgan fingerprint density at radius 1 is 1.12 bits per heavy atom. The number of imide groups is 1. The monoisotopic (exact) mass is 368 g/mol. The van der Waals surface area contributed by atoms with E-state index >= 15 is 0 Å². The number of carbonyl (C=O) groups excluding carboxylic acids is 2. The third kappa shape index (κ3) is 3.29. The first-order chi connectivity index (χ1) is 12.2. The van der Waals surface area contributed by atoms with E-state index in [9.17, 15) is 9.59 Å². The second kappa shape index (κ2) is 6.70. The molecule has 1 fully saturated rings. The lowest BCUT2D eigenvalue weighted by molar-refractivity contribution is -0.123. The molecule has 0 aliphatic carbocycles. The molecule has 3 aromatic rings. The van der Waals surface area contributed by atoms with Crippen molar-refractivity contribution in [2.24, 2.45) is 0 Å². The van der Waals surface area contributed by atoms with Crippen LogP contribution in [0.1, 0.15) is 10.6 Å². The van der Waals surface area contributed by atoms with Crippen LogP contribution in [0.3, 0.4) is 0 Å². The topological polar surface area (TPSA) is 63.4 Å². The Bertz CT molecular complexity index is 946. The molecule has 0 spiro atoms. The standard InChI is InChI=1S/C18H12N2O3S2/c21-17-16(10-14-7-4-8-24-14)25-18(22)20(17)11-13-9-15(19-23-13)12-5-2-1-3-6-12/h1-10H,11H2/b16-10+. The number of amides is 2. The van der Waals surface area contributed by atoms with Gasteiger partial charge in [0.15, 0.2) is 5.76 Å². The van der Waals surface area contributed by atoms with Crippen molar-refractivity contribution in [1.29, 1.82) is 0 Å². The Kier molecular flexibility index (Phi) is 4.25. The molecule has 2 aromatic heterocycles. The van der Waals surface area contributed by atoms with E-state index in [2.05, 4.69) is 5.16 Å². The molecule has 1 aliphatic heterocycles. The van der Waals surface area contributed by atoms with Gasteiger partial charge in [0.1, 0.15) is 5.69 Å². The minimum Gasteiger partial charge on any atom is -0.359 e. The van der Waals surface area contributed by atoms with E-state index in [1.54, 1.807) is 12.1 Å². The van der Waals surface area contributed by atoms with Gasteiger partial charge in [-0.3, -0.25) is 14.5 Å². The van der Waals surface area contributed by atoms with Gasteiger partial charge in [0.2, 0.25) is 0 Å². The van der Waals surface area contributed by atoms with Crippen molar-refractivity contribution < 1.29 is 14.1 Å². The average Bonchev–Trinajstić information content (AvgIpc) is 3.35. The van der Waals surface area contributed by atoms with Crippen LogP contribution in [0.4, 0.5) is 4.79 Å². The molecule has 1 aliphatic rings. The van der Waals surface area contributed by atoms with E-state index in [0.29, 0.717) is 16.4 Å². The maximum atomic E-state index is 12.5. The number of hydrogen-bond donors (Lipinski definition) is 0. The Hall–Kier alpha value is -2.64. The molecule has 3 heterocycles. The number of carbonyl (C=O) groups is 2. The van der Waals surface area contributed by atoms with Gasteiger partial charge in [0, 0.05) is 16.5 Å². The molecular weight excluding hydrogens is 356 g/mol. The molecule has 0 radical (unpaired) electrons.